The Hall–Kier alpha value is -3.29. The minimum atomic E-state index is -0.360. The Morgan fingerprint density at radius 1 is 1.17 bits per heavy atom. The van der Waals surface area contributed by atoms with E-state index >= 15 is 0 Å². The largest absolute Gasteiger partial charge is 0.497 e. The van der Waals surface area contributed by atoms with Crippen LogP contribution >= 0.6 is 0 Å². The van der Waals surface area contributed by atoms with Crippen molar-refractivity contribution in [3.8, 4) is 11.5 Å². The molecule has 0 saturated carbocycles. The number of benzene rings is 2. The van der Waals surface area contributed by atoms with Gasteiger partial charge in [-0.3, -0.25) is 4.79 Å². The zero-order valence-electron chi connectivity index (χ0n) is 13.2. The molecule has 0 fully saturated rings. The SMILES string of the molecule is COc1ccc(OC)c(NC(=O)COn2nnc3ccccc32)c1. The van der Waals surface area contributed by atoms with Crippen LogP contribution in [-0.4, -0.2) is 41.9 Å². The van der Waals surface area contributed by atoms with Gasteiger partial charge in [0.05, 0.1) is 19.9 Å². The van der Waals surface area contributed by atoms with E-state index in [1.807, 2.05) is 18.2 Å². The van der Waals surface area contributed by atoms with Gasteiger partial charge in [0.15, 0.2) is 6.61 Å². The molecule has 1 amide bonds. The molecule has 0 spiro atoms. The summed E-state index contributed by atoms with van der Waals surface area (Å²) in [5.74, 6) is 0.769. The first-order valence-electron chi connectivity index (χ1n) is 7.17. The summed E-state index contributed by atoms with van der Waals surface area (Å²) < 4.78 is 10.4. The third-order valence-corrected chi connectivity index (χ3v) is 3.32. The van der Waals surface area contributed by atoms with Crippen LogP contribution < -0.4 is 19.6 Å². The fraction of sp³-hybridized carbons (Fsp3) is 0.188. The number of aromatic nitrogens is 3. The number of ether oxygens (including phenoxy) is 2. The zero-order chi connectivity index (χ0) is 16.9. The van der Waals surface area contributed by atoms with E-state index < -0.39 is 0 Å². The third kappa shape index (κ3) is 3.22. The number of carbonyl (C=O) groups is 1. The number of fused-ring (bicyclic) bond motifs is 1. The Morgan fingerprint density at radius 2 is 2.00 bits per heavy atom. The molecule has 8 nitrogen and oxygen atoms in total. The predicted octanol–water partition coefficient (Wildman–Crippen LogP) is 1.52. The molecular formula is C16H16N4O4. The summed E-state index contributed by atoms with van der Waals surface area (Å²) in [4.78, 5) is 18.7. The summed E-state index contributed by atoms with van der Waals surface area (Å²) in [5, 5.41) is 10.5. The molecule has 0 radical (unpaired) electrons. The maximum absolute atomic E-state index is 12.1. The van der Waals surface area contributed by atoms with Gasteiger partial charge in [-0.05, 0) is 29.5 Å². The number of para-hydroxylation sites is 1. The molecule has 0 unspecified atom stereocenters. The van der Waals surface area contributed by atoms with Crippen molar-refractivity contribution in [1.82, 2.24) is 15.2 Å². The highest BCUT2D eigenvalue weighted by molar-refractivity contribution is 5.93. The van der Waals surface area contributed by atoms with Crippen molar-refractivity contribution in [1.29, 1.82) is 0 Å². The van der Waals surface area contributed by atoms with E-state index in [1.54, 1.807) is 31.4 Å². The molecule has 0 saturated heterocycles. The molecule has 0 aliphatic rings. The van der Waals surface area contributed by atoms with Crippen molar-refractivity contribution >= 4 is 22.6 Å². The molecule has 3 aromatic rings. The lowest BCUT2D eigenvalue weighted by Crippen LogP contribution is -2.26. The molecule has 3 rings (SSSR count). The molecule has 8 heteroatoms. The van der Waals surface area contributed by atoms with E-state index in [0.717, 1.165) is 0 Å². The normalized spacial score (nSPS) is 10.4. The van der Waals surface area contributed by atoms with Gasteiger partial charge in [-0.25, -0.2) is 0 Å². The standard InChI is InChI=1S/C16H16N4O4/c1-22-11-7-8-15(23-2)13(9-11)17-16(21)10-24-20-14-6-4-3-5-12(14)18-19-20/h3-9H,10H2,1-2H3,(H,17,21). The zero-order valence-corrected chi connectivity index (χ0v) is 13.2. The van der Waals surface area contributed by atoms with Crippen LogP contribution in [0.2, 0.25) is 0 Å². The van der Waals surface area contributed by atoms with Crippen molar-refractivity contribution in [2.45, 2.75) is 0 Å². The molecule has 124 valence electrons. The summed E-state index contributed by atoms with van der Waals surface area (Å²) in [6, 6.07) is 12.4. The highest BCUT2D eigenvalue weighted by atomic mass is 16.7. The number of hydrogen-bond donors (Lipinski definition) is 1. The molecule has 0 aliphatic carbocycles. The van der Waals surface area contributed by atoms with Crippen molar-refractivity contribution < 1.29 is 19.1 Å². The van der Waals surface area contributed by atoms with Crippen LogP contribution in [0.1, 0.15) is 0 Å². The van der Waals surface area contributed by atoms with Crippen LogP contribution in [0.3, 0.4) is 0 Å². The Labute approximate surface area is 137 Å². The Balaban J connectivity index is 1.68. The number of amides is 1. The Kier molecular flexibility index (Phi) is 4.46. The average molecular weight is 328 g/mol. The number of nitrogens with one attached hydrogen (secondary N) is 1. The molecule has 0 aliphatic heterocycles. The smallest absolute Gasteiger partial charge is 0.265 e. The summed E-state index contributed by atoms with van der Waals surface area (Å²) >= 11 is 0. The quantitative estimate of drug-likeness (QED) is 0.738. The fourth-order valence-corrected chi connectivity index (χ4v) is 2.16. The van der Waals surface area contributed by atoms with Gasteiger partial charge in [-0.15, -0.1) is 5.10 Å². The van der Waals surface area contributed by atoms with Crippen LogP contribution in [0.25, 0.3) is 11.0 Å². The minimum absolute atomic E-state index is 0.228. The maximum Gasteiger partial charge on any atom is 0.265 e. The van der Waals surface area contributed by atoms with Gasteiger partial charge in [0.1, 0.15) is 22.5 Å². The van der Waals surface area contributed by atoms with Crippen molar-refractivity contribution in [3.05, 3.63) is 42.5 Å². The first-order valence-corrected chi connectivity index (χ1v) is 7.17. The van der Waals surface area contributed by atoms with Crippen LogP contribution in [-0.2, 0) is 4.79 Å². The van der Waals surface area contributed by atoms with Gasteiger partial charge in [-0.2, -0.15) is 0 Å². The predicted molar refractivity (Wildman–Crippen MR) is 87.2 cm³/mol. The molecule has 1 N–H and O–H groups in total. The average Bonchev–Trinajstić information content (AvgIpc) is 3.03. The summed E-state index contributed by atoms with van der Waals surface area (Å²) in [7, 11) is 3.07. The molecule has 2 aromatic carbocycles. The molecule has 24 heavy (non-hydrogen) atoms. The highest BCUT2D eigenvalue weighted by Crippen LogP contribution is 2.28. The maximum atomic E-state index is 12.1. The lowest BCUT2D eigenvalue weighted by molar-refractivity contribution is -0.121. The Bertz CT molecular complexity index is 862. The second-order valence-corrected chi connectivity index (χ2v) is 4.84. The second kappa shape index (κ2) is 6.86. The highest BCUT2D eigenvalue weighted by Gasteiger charge is 2.11. The third-order valence-electron chi connectivity index (χ3n) is 3.32. The van der Waals surface area contributed by atoms with E-state index in [-0.39, 0.29) is 12.5 Å². The van der Waals surface area contributed by atoms with E-state index in [4.69, 9.17) is 14.3 Å². The number of hydrogen-bond acceptors (Lipinski definition) is 6. The van der Waals surface area contributed by atoms with Gasteiger partial charge >= 0.3 is 0 Å². The lowest BCUT2D eigenvalue weighted by atomic mass is 10.2. The van der Waals surface area contributed by atoms with Gasteiger partial charge in [-0.1, -0.05) is 17.0 Å². The van der Waals surface area contributed by atoms with Crippen LogP contribution in [0.4, 0.5) is 5.69 Å². The topological polar surface area (TPSA) is 87.5 Å². The summed E-state index contributed by atoms with van der Waals surface area (Å²) in [6.45, 7) is -0.228. The Morgan fingerprint density at radius 3 is 2.79 bits per heavy atom. The van der Waals surface area contributed by atoms with Crippen molar-refractivity contribution in [2.75, 3.05) is 26.1 Å². The summed E-state index contributed by atoms with van der Waals surface area (Å²) in [5.41, 5.74) is 1.87. The first kappa shape index (κ1) is 15.6. The minimum Gasteiger partial charge on any atom is -0.497 e. The van der Waals surface area contributed by atoms with E-state index in [2.05, 4.69) is 15.6 Å². The van der Waals surface area contributed by atoms with Gasteiger partial charge in [0, 0.05) is 6.07 Å². The molecular weight excluding hydrogens is 312 g/mol. The molecule has 1 heterocycles. The van der Waals surface area contributed by atoms with Gasteiger partial charge in [0.2, 0.25) is 0 Å². The number of nitrogens with zero attached hydrogens (tertiary/aromatic N) is 3. The van der Waals surface area contributed by atoms with Gasteiger partial charge < -0.3 is 19.6 Å². The van der Waals surface area contributed by atoms with Crippen LogP contribution in [0.5, 0.6) is 11.5 Å². The van der Waals surface area contributed by atoms with E-state index in [0.29, 0.717) is 28.2 Å². The second-order valence-electron chi connectivity index (χ2n) is 4.84. The molecule has 0 bridgehead atoms. The molecule has 1 aromatic heterocycles. The lowest BCUT2D eigenvalue weighted by Gasteiger charge is -2.12. The van der Waals surface area contributed by atoms with Crippen LogP contribution in [0, 0.1) is 0 Å². The summed E-state index contributed by atoms with van der Waals surface area (Å²) in [6.07, 6.45) is 0. The van der Waals surface area contributed by atoms with E-state index in [1.165, 1.54) is 12.0 Å². The van der Waals surface area contributed by atoms with Gasteiger partial charge in [0.25, 0.3) is 5.91 Å². The van der Waals surface area contributed by atoms with Crippen molar-refractivity contribution in [2.24, 2.45) is 0 Å². The fourth-order valence-electron chi connectivity index (χ4n) is 2.16. The van der Waals surface area contributed by atoms with Crippen molar-refractivity contribution in [3.63, 3.8) is 0 Å². The van der Waals surface area contributed by atoms with Crippen LogP contribution in [0.15, 0.2) is 42.5 Å². The number of anilines is 1. The monoisotopic (exact) mass is 328 g/mol. The van der Waals surface area contributed by atoms with E-state index in [9.17, 15) is 4.79 Å². The number of methoxy groups -OCH3 is 2. The number of rotatable bonds is 6. The first-order chi connectivity index (χ1) is 11.7. The molecule has 0 atom stereocenters. The number of carbonyl (C=O) groups excluding carboxylic acids is 1.